The molecule has 0 saturated heterocycles. The Labute approximate surface area is 140 Å². The van der Waals surface area contributed by atoms with Crippen LogP contribution in [0.25, 0.3) is 0 Å². The van der Waals surface area contributed by atoms with E-state index in [1.165, 1.54) is 29.4 Å². The summed E-state index contributed by atoms with van der Waals surface area (Å²) >= 11 is 0. The summed E-state index contributed by atoms with van der Waals surface area (Å²) in [4.78, 5) is 33.6. The van der Waals surface area contributed by atoms with Crippen molar-refractivity contribution in [3.05, 3.63) is 48.0 Å². The summed E-state index contributed by atoms with van der Waals surface area (Å²) in [5.41, 5.74) is 5.58. The van der Waals surface area contributed by atoms with Gasteiger partial charge in [-0.05, 0) is 45.0 Å². The number of amides is 2. The molecule has 2 amide bonds. The molecule has 0 bridgehead atoms. The van der Waals surface area contributed by atoms with E-state index in [-0.39, 0.29) is 23.8 Å². The molecule has 0 aliphatic heterocycles. The van der Waals surface area contributed by atoms with Gasteiger partial charge in [0, 0.05) is 23.6 Å². The molecule has 126 valence electrons. The van der Waals surface area contributed by atoms with E-state index >= 15 is 0 Å². The first-order valence-corrected chi connectivity index (χ1v) is 7.42. The summed E-state index contributed by atoms with van der Waals surface area (Å²) in [6.45, 7) is 5.61. The van der Waals surface area contributed by atoms with Crippen molar-refractivity contribution in [3.63, 3.8) is 0 Å². The molecule has 0 aromatic carbocycles. The second kappa shape index (κ2) is 6.66. The molecule has 0 unspecified atom stereocenters. The van der Waals surface area contributed by atoms with Gasteiger partial charge >= 0.3 is 0 Å². The molecule has 7 heteroatoms. The number of carbonyl (C=O) groups is 2. The van der Waals surface area contributed by atoms with Gasteiger partial charge in [0.25, 0.3) is 5.91 Å². The van der Waals surface area contributed by atoms with Crippen LogP contribution in [-0.2, 0) is 11.2 Å². The van der Waals surface area contributed by atoms with E-state index in [2.05, 4.69) is 9.97 Å². The lowest BCUT2D eigenvalue weighted by Gasteiger charge is -2.36. The van der Waals surface area contributed by atoms with Crippen molar-refractivity contribution in [2.75, 3.05) is 4.90 Å². The summed E-state index contributed by atoms with van der Waals surface area (Å²) in [6.07, 6.45) is 2.87. The maximum atomic E-state index is 12.8. The van der Waals surface area contributed by atoms with Gasteiger partial charge in [0.05, 0.1) is 12.1 Å². The third-order valence-corrected chi connectivity index (χ3v) is 3.36. The van der Waals surface area contributed by atoms with Crippen LogP contribution in [-0.4, -0.2) is 32.4 Å². The van der Waals surface area contributed by atoms with Gasteiger partial charge in [-0.3, -0.25) is 19.6 Å². The minimum atomic E-state index is -0.666. The van der Waals surface area contributed by atoms with Gasteiger partial charge in [-0.1, -0.05) is 0 Å². The first-order chi connectivity index (χ1) is 11.2. The standard InChI is InChI=1S/C17H20N4O3/c1-17(2,3)21(11-6-8-20-13(9-11)16(18)24)15(23)10-12-14(22)5-4-7-19-12/h4-9,22H,10H2,1-3H3,(H2,18,24). The zero-order valence-corrected chi connectivity index (χ0v) is 13.9. The molecular formula is C17H20N4O3. The molecule has 7 nitrogen and oxygen atoms in total. The van der Waals surface area contributed by atoms with Crippen LogP contribution in [0.15, 0.2) is 36.7 Å². The molecule has 0 aliphatic rings. The number of primary amides is 1. The van der Waals surface area contributed by atoms with Crippen molar-refractivity contribution in [3.8, 4) is 5.75 Å². The van der Waals surface area contributed by atoms with E-state index < -0.39 is 11.4 Å². The van der Waals surface area contributed by atoms with Crippen LogP contribution in [0.2, 0.25) is 0 Å². The Kier molecular flexibility index (Phi) is 4.82. The van der Waals surface area contributed by atoms with E-state index in [0.717, 1.165) is 0 Å². The Morgan fingerprint density at radius 1 is 1.21 bits per heavy atom. The quantitative estimate of drug-likeness (QED) is 0.887. The lowest BCUT2D eigenvalue weighted by molar-refractivity contribution is -0.119. The third kappa shape index (κ3) is 3.87. The van der Waals surface area contributed by atoms with Gasteiger partial charge in [-0.2, -0.15) is 0 Å². The van der Waals surface area contributed by atoms with Gasteiger partial charge in [-0.15, -0.1) is 0 Å². The number of hydrogen-bond acceptors (Lipinski definition) is 5. The minimum absolute atomic E-state index is 0.0349. The van der Waals surface area contributed by atoms with Crippen molar-refractivity contribution in [2.45, 2.75) is 32.7 Å². The van der Waals surface area contributed by atoms with Crippen LogP contribution in [0, 0.1) is 0 Å². The smallest absolute Gasteiger partial charge is 0.267 e. The summed E-state index contributed by atoms with van der Waals surface area (Å²) in [7, 11) is 0. The molecule has 3 N–H and O–H groups in total. The normalized spacial score (nSPS) is 11.1. The molecular weight excluding hydrogens is 308 g/mol. The van der Waals surface area contributed by atoms with Gasteiger partial charge in [0.1, 0.15) is 11.4 Å². The van der Waals surface area contributed by atoms with Crippen LogP contribution in [0.4, 0.5) is 5.69 Å². The van der Waals surface area contributed by atoms with Crippen LogP contribution >= 0.6 is 0 Å². The van der Waals surface area contributed by atoms with E-state index in [4.69, 9.17) is 5.73 Å². The Bertz CT molecular complexity index is 768. The molecule has 0 atom stereocenters. The highest BCUT2D eigenvalue weighted by atomic mass is 16.3. The van der Waals surface area contributed by atoms with Gasteiger partial charge in [0.2, 0.25) is 5.91 Å². The second-order valence-corrected chi connectivity index (χ2v) is 6.31. The van der Waals surface area contributed by atoms with Crippen molar-refractivity contribution in [1.82, 2.24) is 9.97 Å². The number of rotatable bonds is 4. The fourth-order valence-corrected chi connectivity index (χ4v) is 2.39. The van der Waals surface area contributed by atoms with Crippen molar-refractivity contribution >= 4 is 17.5 Å². The number of anilines is 1. The van der Waals surface area contributed by atoms with Crippen LogP contribution in [0.3, 0.4) is 0 Å². The minimum Gasteiger partial charge on any atom is -0.506 e. The molecule has 0 saturated carbocycles. The molecule has 0 radical (unpaired) electrons. The Morgan fingerprint density at radius 3 is 2.50 bits per heavy atom. The van der Waals surface area contributed by atoms with Crippen LogP contribution in [0.5, 0.6) is 5.75 Å². The van der Waals surface area contributed by atoms with Gasteiger partial charge in [-0.25, -0.2) is 0 Å². The Morgan fingerprint density at radius 2 is 1.92 bits per heavy atom. The maximum Gasteiger partial charge on any atom is 0.267 e. The highest BCUT2D eigenvalue weighted by Crippen LogP contribution is 2.26. The number of aromatic hydroxyl groups is 1. The van der Waals surface area contributed by atoms with Gasteiger partial charge in [0.15, 0.2) is 0 Å². The fourth-order valence-electron chi connectivity index (χ4n) is 2.39. The number of pyridine rings is 2. The SMILES string of the molecule is CC(C)(C)N(C(=O)Cc1ncccc1O)c1ccnc(C(N)=O)c1. The molecule has 2 aromatic heterocycles. The molecule has 0 spiro atoms. The number of aromatic nitrogens is 2. The number of nitrogens with zero attached hydrogens (tertiary/aromatic N) is 3. The van der Waals surface area contributed by atoms with Crippen molar-refractivity contribution in [2.24, 2.45) is 5.73 Å². The predicted octanol–water partition coefficient (Wildman–Crippen LogP) is 1.66. The topological polar surface area (TPSA) is 109 Å². The zero-order valence-electron chi connectivity index (χ0n) is 13.9. The van der Waals surface area contributed by atoms with Crippen LogP contribution in [0.1, 0.15) is 37.0 Å². The van der Waals surface area contributed by atoms with Crippen LogP contribution < -0.4 is 10.6 Å². The number of hydrogen-bond donors (Lipinski definition) is 2. The molecule has 2 heterocycles. The third-order valence-electron chi connectivity index (χ3n) is 3.36. The summed E-state index contributed by atoms with van der Waals surface area (Å²) < 4.78 is 0. The average Bonchev–Trinajstić information content (AvgIpc) is 2.48. The van der Waals surface area contributed by atoms with E-state index in [0.29, 0.717) is 11.4 Å². The first kappa shape index (κ1) is 17.4. The Hall–Kier alpha value is -2.96. The molecule has 0 aliphatic carbocycles. The van der Waals surface area contributed by atoms with Crippen molar-refractivity contribution < 1.29 is 14.7 Å². The highest BCUT2D eigenvalue weighted by Gasteiger charge is 2.29. The van der Waals surface area contributed by atoms with E-state index in [9.17, 15) is 14.7 Å². The second-order valence-electron chi connectivity index (χ2n) is 6.31. The predicted molar refractivity (Wildman–Crippen MR) is 89.6 cm³/mol. The average molecular weight is 328 g/mol. The first-order valence-electron chi connectivity index (χ1n) is 7.42. The zero-order chi connectivity index (χ0) is 17.9. The summed E-state index contributed by atoms with van der Waals surface area (Å²) in [5.74, 6) is -0.967. The largest absolute Gasteiger partial charge is 0.506 e. The van der Waals surface area contributed by atoms with E-state index in [1.807, 2.05) is 20.8 Å². The molecule has 2 aromatic rings. The summed E-state index contributed by atoms with van der Waals surface area (Å²) in [5, 5.41) is 9.83. The monoisotopic (exact) mass is 328 g/mol. The molecule has 24 heavy (non-hydrogen) atoms. The lowest BCUT2D eigenvalue weighted by Crippen LogP contribution is -2.47. The highest BCUT2D eigenvalue weighted by molar-refractivity contribution is 5.98. The van der Waals surface area contributed by atoms with Crippen molar-refractivity contribution in [1.29, 1.82) is 0 Å². The Balaban J connectivity index is 2.39. The summed E-state index contributed by atoms with van der Waals surface area (Å²) in [6, 6.07) is 6.18. The number of carbonyl (C=O) groups excluding carboxylic acids is 2. The lowest BCUT2D eigenvalue weighted by atomic mass is 10.0. The number of nitrogens with two attached hydrogens (primary N) is 1. The van der Waals surface area contributed by atoms with Gasteiger partial charge < -0.3 is 15.7 Å². The molecule has 2 rings (SSSR count). The maximum absolute atomic E-state index is 12.8. The molecule has 0 fully saturated rings. The fraction of sp³-hybridized carbons (Fsp3) is 0.294. The van der Waals surface area contributed by atoms with E-state index in [1.54, 1.807) is 12.1 Å².